The summed E-state index contributed by atoms with van der Waals surface area (Å²) in [6.45, 7) is 3.80. The molecule has 0 aliphatic heterocycles. The van der Waals surface area contributed by atoms with Crippen molar-refractivity contribution in [2.75, 3.05) is 6.54 Å². The monoisotopic (exact) mass is 247 g/mol. The van der Waals surface area contributed by atoms with Crippen molar-refractivity contribution >= 4 is 0 Å². The SMILES string of the molecule is CC1CCCC(OCc2ccc(CCN)cc2)C1. The van der Waals surface area contributed by atoms with Crippen molar-refractivity contribution in [3.05, 3.63) is 35.4 Å². The van der Waals surface area contributed by atoms with Crippen LogP contribution in [0.4, 0.5) is 0 Å². The van der Waals surface area contributed by atoms with Gasteiger partial charge in [-0.25, -0.2) is 0 Å². The van der Waals surface area contributed by atoms with Gasteiger partial charge < -0.3 is 10.5 Å². The molecular formula is C16H25NO. The summed E-state index contributed by atoms with van der Waals surface area (Å²) >= 11 is 0. The predicted octanol–water partition coefficient (Wildman–Crippen LogP) is 3.28. The van der Waals surface area contributed by atoms with Crippen molar-refractivity contribution in [1.82, 2.24) is 0 Å². The Labute approximate surface area is 111 Å². The summed E-state index contributed by atoms with van der Waals surface area (Å²) in [5, 5.41) is 0. The van der Waals surface area contributed by atoms with Crippen molar-refractivity contribution in [3.63, 3.8) is 0 Å². The third kappa shape index (κ3) is 4.11. The maximum Gasteiger partial charge on any atom is 0.0720 e. The van der Waals surface area contributed by atoms with Crippen molar-refractivity contribution in [3.8, 4) is 0 Å². The zero-order valence-corrected chi connectivity index (χ0v) is 11.4. The molecule has 1 aliphatic carbocycles. The third-order valence-electron chi connectivity index (χ3n) is 3.83. The molecule has 2 heteroatoms. The maximum atomic E-state index is 6.01. The highest BCUT2D eigenvalue weighted by Gasteiger charge is 2.19. The highest BCUT2D eigenvalue weighted by atomic mass is 16.5. The Kier molecular flexibility index (Phi) is 5.21. The highest BCUT2D eigenvalue weighted by Crippen LogP contribution is 2.26. The van der Waals surface area contributed by atoms with E-state index in [2.05, 4.69) is 31.2 Å². The van der Waals surface area contributed by atoms with Crippen molar-refractivity contribution in [2.45, 2.75) is 51.7 Å². The van der Waals surface area contributed by atoms with Gasteiger partial charge in [0.15, 0.2) is 0 Å². The van der Waals surface area contributed by atoms with Gasteiger partial charge in [0.1, 0.15) is 0 Å². The number of hydrogen-bond donors (Lipinski definition) is 1. The van der Waals surface area contributed by atoms with Gasteiger partial charge in [-0.2, -0.15) is 0 Å². The van der Waals surface area contributed by atoms with Crippen LogP contribution in [0.1, 0.15) is 43.7 Å². The second kappa shape index (κ2) is 6.91. The first-order chi connectivity index (χ1) is 8.78. The molecule has 2 nitrogen and oxygen atoms in total. The lowest BCUT2D eigenvalue weighted by atomic mass is 9.89. The van der Waals surface area contributed by atoms with E-state index in [1.165, 1.54) is 36.8 Å². The minimum absolute atomic E-state index is 0.470. The minimum atomic E-state index is 0.470. The summed E-state index contributed by atoms with van der Waals surface area (Å²) in [6.07, 6.45) is 6.58. The zero-order valence-electron chi connectivity index (χ0n) is 11.4. The van der Waals surface area contributed by atoms with Crippen LogP contribution in [0.3, 0.4) is 0 Å². The van der Waals surface area contributed by atoms with Gasteiger partial charge in [-0.05, 0) is 42.9 Å². The molecule has 1 saturated carbocycles. The molecule has 2 atom stereocenters. The first-order valence-electron chi connectivity index (χ1n) is 7.17. The second-order valence-electron chi connectivity index (χ2n) is 5.56. The number of ether oxygens (including phenoxy) is 1. The van der Waals surface area contributed by atoms with Crippen molar-refractivity contribution < 1.29 is 4.74 Å². The van der Waals surface area contributed by atoms with Crippen LogP contribution in [0.5, 0.6) is 0 Å². The number of rotatable bonds is 5. The standard InChI is InChI=1S/C16H25NO/c1-13-3-2-4-16(11-13)18-12-15-7-5-14(6-8-15)9-10-17/h5-8,13,16H,2-4,9-12,17H2,1H3. The van der Waals surface area contributed by atoms with Crippen molar-refractivity contribution in [2.24, 2.45) is 11.7 Å². The van der Waals surface area contributed by atoms with Gasteiger partial charge in [0.2, 0.25) is 0 Å². The Bertz CT molecular complexity index is 347. The highest BCUT2D eigenvalue weighted by molar-refractivity contribution is 5.22. The van der Waals surface area contributed by atoms with E-state index in [4.69, 9.17) is 10.5 Å². The molecule has 1 fully saturated rings. The molecule has 1 aliphatic rings. The van der Waals surface area contributed by atoms with Crippen LogP contribution in [-0.2, 0) is 17.8 Å². The predicted molar refractivity (Wildman–Crippen MR) is 75.4 cm³/mol. The summed E-state index contributed by atoms with van der Waals surface area (Å²) in [5.74, 6) is 0.829. The number of nitrogens with two attached hydrogens (primary N) is 1. The summed E-state index contributed by atoms with van der Waals surface area (Å²) in [4.78, 5) is 0. The number of hydrogen-bond acceptors (Lipinski definition) is 2. The quantitative estimate of drug-likeness (QED) is 0.866. The Hall–Kier alpha value is -0.860. The van der Waals surface area contributed by atoms with Crippen LogP contribution in [0.2, 0.25) is 0 Å². The lowest BCUT2D eigenvalue weighted by Gasteiger charge is -2.26. The van der Waals surface area contributed by atoms with E-state index in [1.54, 1.807) is 0 Å². The first kappa shape index (κ1) is 13.6. The second-order valence-corrected chi connectivity index (χ2v) is 5.56. The topological polar surface area (TPSA) is 35.2 Å². The molecule has 2 unspecified atom stereocenters. The van der Waals surface area contributed by atoms with E-state index in [0.29, 0.717) is 6.10 Å². The average molecular weight is 247 g/mol. The van der Waals surface area contributed by atoms with E-state index in [1.807, 2.05) is 0 Å². The molecule has 0 spiro atoms. The largest absolute Gasteiger partial charge is 0.374 e. The lowest BCUT2D eigenvalue weighted by Crippen LogP contribution is -2.21. The van der Waals surface area contributed by atoms with E-state index >= 15 is 0 Å². The van der Waals surface area contributed by atoms with Gasteiger partial charge >= 0.3 is 0 Å². The molecule has 0 aromatic heterocycles. The Morgan fingerprint density at radius 3 is 2.56 bits per heavy atom. The Morgan fingerprint density at radius 1 is 1.17 bits per heavy atom. The fourth-order valence-electron chi connectivity index (χ4n) is 2.71. The average Bonchev–Trinajstić information content (AvgIpc) is 2.38. The minimum Gasteiger partial charge on any atom is -0.374 e. The van der Waals surface area contributed by atoms with Gasteiger partial charge in [0.05, 0.1) is 12.7 Å². The summed E-state index contributed by atoms with van der Waals surface area (Å²) in [5.41, 5.74) is 8.13. The lowest BCUT2D eigenvalue weighted by molar-refractivity contribution is 0.00467. The normalized spacial score (nSPS) is 24.1. The molecular weight excluding hydrogens is 222 g/mol. The smallest absolute Gasteiger partial charge is 0.0720 e. The Morgan fingerprint density at radius 2 is 1.89 bits per heavy atom. The van der Waals surface area contributed by atoms with Crippen molar-refractivity contribution in [1.29, 1.82) is 0 Å². The van der Waals surface area contributed by atoms with E-state index in [9.17, 15) is 0 Å². The van der Waals surface area contributed by atoms with Crippen LogP contribution >= 0.6 is 0 Å². The fraction of sp³-hybridized carbons (Fsp3) is 0.625. The molecule has 1 aromatic carbocycles. The number of benzene rings is 1. The molecule has 0 amide bonds. The Balaban J connectivity index is 1.78. The molecule has 18 heavy (non-hydrogen) atoms. The van der Waals surface area contributed by atoms with Gasteiger partial charge in [0, 0.05) is 0 Å². The summed E-state index contributed by atoms with van der Waals surface area (Å²) in [6, 6.07) is 8.65. The summed E-state index contributed by atoms with van der Waals surface area (Å²) < 4.78 is 6.01. The van der Waals surface area contributed by atoms with Crippen LogP contribution in [0.25, 0.3) is 0 Å². The van der Waals surface area contributed by atoms with Gasteiger partial charge in [0.25, 0.3) is 0 Å². The molecule has 100 valence electrons. The molecule has 0 heterocycles. The maximum absolute atomic E-state index is 6.01. The van der Waals surface area contributed by atoms with Crippen LogP contribution < -0.4 is 5.73 Å². The molecule has 0 radical (unpaired) electrons. The molecule has 1 aromatic rings. The van der Waals surface area contributed by atoms with Gasteiger partial charge in [-0.3, -0.25) is 0 Å². The van der Waals surface area contributed by atoms with Crippen LogP contribution in [0.15, 0.2) is 24.3 Å². The van der Waals surface area contributed by atoms with Gasteiger partial charge in [-0.1, -0.05) is 44.0 Å². The van der Waals surface area contributed by atoms with Crippen LogP contribution in [-0.4, -0.2) is 12.6 Å². The third-order valence-corrected chi connectivity index (χ3v) is 3.83. The van der Waals surface area contributed by atoms with E-state index in [0.717, 1.165) is 25.5 Å². The molecule has 0 saturated heterocycles. The summed E-state index contributed by atoms with van der Waals surface area (Å²) in [7, 11) is 0. The molecule has 2 N–H and O–H groups in total. The first-order valence-corrected chi connectivity index (χ1v) is 7.17. The fourth-order valence-corrected chi connectivity index (χ4v) is 2.71. The van der Waals surface area contributed by atoms with E-state index in [-0.39, 0.29) is 0 Å². The van der Waals surface area contributed by atoms with Gasteiger partial charge in [-0.15, -0.1) is 0 Å². The molecule has 0 bridgehead atoms. The van der Waals surface area contributed by atoms with Crippen LogP contribution in [0, 0.1) is 5.92 Å². The van der Waals surface area contributed by atoms with E-state index < -0.39 is 0 Å². The zero-order chi connectivity index (χ0) is 12.8. The molecule has 2 rings (SSSR count).